The first-order valence-corrected chi connectivity index (χ1v) is 29.3. The van der Waals surface area contributed by atoms with Crippen LogP contribution < -0.4 is 70.8 Å². The molecule has 7 atom stereocenters. The second-order valence-electron chi connectivity index (χ2n) is 16.1. The average molecular weight is 1360 g/mol. The molecule has 0 aromatic carbocycles. The standard InChI is InChI=1S/C10H18N4O4S2.C5H10N2O3.C5H9NO3S.2C5H11NO3.2C5H11NO2S.C4H8N2O3S/c1-5(15)13-7(9(11)17)3-19-20-4-8(10(12)18)14-6(2)16;1-3(9)7-4(2-8)5(6)10;1-3(7)6-4(2-10)5(8)9;2*1-4(9)6-5(2-7)3-8;2*1-4(8)6-5(2-7)3-9;5-4(9)6-2(1-10)3(7)8/h7-8H,3-4H2,1-2H3,(H2,11,17)(H2,12,18)(H,13,15)(H,14,16);4,8H,2H2,1H3,(H2,6,10)(H,7,9);4,10H,2H2,1H3,(H,6,7)(H,8,9);2*5,7-8H,2-3H2,1H3,(H,6,9);2*5,7,9H,2-3H2,1H3,(H,6,8);2,10H,1H2,(H,7,8)(H3,5,6,9)/t7-,8+;2*4-;;;2*5-;2-/m.10..101/s1. The first-order valence-electron chi connectivity index (χ1n) is 24.3. The molecule has 0 spiro atoms. The number of aliphatic hydroxyl groups excluding tert-OH is 7. The summed E-state index contributed by atoms with van der Waals surface area (Å²) in [5.74, 6) is -4.87. The lowest BCUT2D eigenvalue weighted by molar-refractivity contribution is -0.141. The number of carboxylic acid groups (broad SMARTS) is 2. The van der Waals surface area contributed by atoms with Crippen LogP contribution in [0.1, 0.15) is 55.4 Å². The highest BCUT2D eigenvalue weighted by Crippen LogP contribution is 2.23. The fraction of sp³-hybridized carbons (Fsp3) is 0.682. The van der Waals surface area contributed by atoms with Crippen molar-refractivity contribution in [3.8, 4) is 0 Å². The largest absolute Gasteiger partial charge is 0.480 e. The fourth-order valence-electron chi connectivity index (χ4n) is 4.10. The predicted octanol–water partition coefficient (Wildman–Crippen LogP) is -9.36. The molecule has 0 unspecified atom stereocenters. The Morgan fingerprint density at radius 3 is 0.628 bits per heavy atom. The molecule has 13 amide bonds. The summed E-state index contributed by atoms with van der Waals surface area (Å²) < 4.78 is 0. The van der Waals surface area contributed by atoms with E-state index < -0.39 is 90.5 Å². The summed E-state index contributed by atoms with van der Waals surface area (Å²) in [6.45, 7) is 9.08. The number of aliphatic carboxylic acids is 2. The van der Waals surface area contributed by atoms with E-state index in [1.807, 2.05) is 5.32 Å². The molecule has 0 heterocycles. The zero-order chi connectivity index (χ0) is 69.2. The van der Waals surface area contributed by atoms with Gasteiger partial charge in [0.25, 0.3) is 0 Å². The van der Waals surface area contributed by atoms with Gasteiger partial charge >= 0.3 is 18.0 Å². The van der Waals surface area contributed by atoms with Gasteiger partial charge in [0.15, 0.2) is 0 Å². The lowest BCUT2D eigenvalue weighted by Crippen LogP contribution is -2.46. The van der Waals surface area contributed by atoms with Crippen LogP contribution in [0.15, 0.2) is 0 Å². The lowest BCUT2D eigenvalue weighted by atomic mass is 10.3. The third-order valence-electron chi connectivity index (χ3n) is 7.95. The summed E-state index contributed by atoms with van der Waals surface area (Å²) >= 11 is 15.2. The molecule has 0 aliphatic rings. The summed E-state index contributed by atoms with van der Waals surface area (Å²) in [6.07, 6.45) is 0. The number of primary amides is 4. The zero-order valence-electron chi connectivity index (χ0n) is 48.5. The number of nitrogens with two attached hydrogens (primary N) is 4. The molecule has 0 aromatic heterocycles. The number of hydrogen-bond acceptors (Lipinski definition) is 27. The smallest absolute Gasteiger partial charge is 0.327 e. The second kappa shape index (κ2) is 63.7. The normalized spacial score (nSPS) is 12.0. The van der Waals surface area contributed by atoms with Gasteiger partial charge in [-0.25, -0.2) is 14.4 Å². The first kappa shape index (κ1) is 96.5. The van der Waals surface area contributed by atoms with Gasteiger partial charge < -0.3 is 117 Å². The number of rotatable bonds is 30. The number of carboxylic acids is 2. The van der Waals surface area contributed by atoms with E-state index >= 15 is 0 Å². The maximum Gasteiger partial charge on any atom is 0.327 e. The van der Waals surface area contributed by atoms with E-state index in [-0.39, 0.29) is 116 Å². The van der Waals surface area contributed by atoms with Gasteiger partial charge in [0.05, 0.1) is 70.4 Å². The zero-order valence-corrected chi connectivity index (χ0v) is 53.8. The van der Waals surface area contributed by atoms with Gasteiger partial charge in [-0.1, -0.05) is 21.6 Å². The number of amides is 13. The van der Waals surface area contributed by atoms with Crippen molar-refractivity contribution in [1.82, 2.24) is 47.9 Å². The Labute approximate surface area is 526 Å². The highest BCUT2D eigenvalue weighted by Gasteiger charge is 2.20. The molecular formula is C44H89N13O23S6. The van der Waals surface area contributed by atoms with Crippen molar-refractivity contribution in [2.45, 2.75) is 110 Å². The van der Waals surface area contributed by atoms with Crippen molar-refractivity contribution in [1.29, 1.82) is 0 Å². The summed E-state index contributed by atoms with van der Waals surface area (Å²) in [5, 5.41) is 96.6. The SMILES string of the molecule is CC(=O)NC(CO)CO.CC(=O)NC(CO)CO.CC(=O)N[C@@H](CO)CS.CC(=O)N[C@@H](CS)C(=O)O.CC(=O)N[C@@H](CSSC[C@@H](NC(C)=O)C(N)=O)C(N)=O.CC(=O)N[C@H](CO)C(N)=O.CC(=O)N[C@H](CO)CS.NC(=O)N[C@H](CS)C(=O)O. The van der Waals surface area contributed by atoms with Crippen LogP contribution in [-0.2, 0) is 62.3 Å². The topological polar surface area (TPSA) is 633 Å². The van der Waals surface area contributed by atoms with Crippen LogP contribution in [0.5, 0.6) is 0 Å². The van der Waals surface area contributed by atoms with Crippen molar-refractivity contribution in [3.63, 3.8) is 0 Å². The molecule has 0 fully saturated rings. The summed E-state index contributed by atoms with van der Waals surface area (Å²) in [7, 11) is 2.49. The van der Waals surface area contributed by atoms with Crippen molar-refractivity contribution < 1.29 is 113 Å². The molecule has 36 nitrogen and oxygen atoms in total. The third-order valence-corrected chi connectivity index (χ3v) is 12.0. The van der Waals surface area contributed by atoms with Crippen LogP contribution in [0.25, 0.3) is 0 Å². The number of hydrogen-bond donors (Lipinski definition) is 26. The van der Waals surface area contributed by atoms with Gasteiger partial charge in [-0.3, -0.25) is 52.7 Å². The van der Waals surface area contributed by atoms with E-state index in [0.717, 1.165) is 0 Å². The molecule has 0 aliphatic heterocycles. The number of carbonyl (C=O) groups is 14. The van der Waals surface area contributed by atoms with E-state index in [2.05, 4.69) is 98.8 Å². The van der Waals surface area contributed by atoms with E-state index in [0.29, 0.717) is 11.5 Å². The Morgan fingerprint density at radius 1 is 0.314 bits per heavy atom. The molecule has 0 aliphatic carbocycles. The Kier molecular flexibility index (Phi) is 71.5. The minimum atomic E-state index is -1.14. The van der Waals surface area contributed by atoms with Crippen molar-refractivity contribution in [2.24, 2.45) is 22.9 Å². The van der Waals surface area contributed by atoms with Crippen LogP contribution in [0.3, 0.4) is 0 Å². The molecule has 0 radical (unpaired) electrons. The molecular weight excluding hydrogens is 1270 g/mol. The molecule has 0 saturated heterocycles. The average Bonchev–Trinajstić information content (AvgIpc) is 3.49. The van der Waals surface area contributed by atoms with Crippen LogP contribution in [0.2, 0.25) is 0 Å². The molecule has 0 rings (SSSR count). The summed E-state index contributed by atoms with van der Waals surface area (Å²) in [4.78, 5) is 146. The molecule has 0 bridgehead atoms. The van der Waals surface area contributed by atoms with E-state index in [1.165, 1.54) is 77.0 Å². The number of thiol groups is 4. The third kappa shape index (κ3) is 74.3. The number of carbonyl (C=O) groups excluding carboxylic acids is 12. The van der Waals surface area contributed by atoms with Gasteiger partial charge in [-0.05, 0) is 0 Å². The van der Waals surface area contributed by atoms with Crippen LogP contribution in [0.4, 0.5) is 4.79 Å². The number of urea groups is 1. The molecule has 0 aromatic rings. The summed E-state index contributed by atoms with van der Waals surface area (Å²) in [6, 6.07) is -6.68. The van der Waals surface area contributed by atoms with Crippen LogP contribution in [-0.4, -0.2) is 264 Å². The van der Waals surface area contributed by atoms with Crippen LogP contribution in [0, 0.1) is 0 Å². The lowest BCUT2D eigenvalue weighted by Gasteiger charge is -2.15. The highest BCUT2D eigenvalue weighted by atomic mass is 33.1. The van der Waals surface area contributed by atoms with Crippen molar-refractivity contribution in [3.05, 3.63) is 0 Å². The predicted molar refractivity (Wildman–Crippen MR) is 330 cm³/mol. The Balaban J connectivity index is -0.000000138. The van der Waals surface area contributed by atoms with Crippen molar-refractivity contribution >= 4 is 155 Å². The van der Waals surface area contributed by atoms with E-state index in [4.69, 9.17) is 63.2 Å². The van der Waals surface area contributed by atoms with E-state index in [1.54, 1.807) is 0 Å². The number of aliphatic hydroxyl groups is 7. The Morgan fingerprint density at radius 2 is 0.523 bits per heavy atom. The Bertz CT molecular complexity index is 1770. The van der Waals surface area contributed by atoms with Crippen LogP contribution >= 0.6 is 72.1 Å². The fourth-order valence-corrected chi connectivity index (χ4v) is 7.36. The first-order chi connectivity index (χ1) is 39.8. The monoisotopic (exact) mass is 1360 g/mol. The summed E-state index contributed by atoms with van der Waals surface area (Å²) in [5.41, 5.74) is 19.7. The highest BCUT2D eigenvalue weighted by molar-refractivity contribution is 8.76. The van der Waals surface area contributed by atoms with Gasteiger partial charge in [0, 0.05) is 89.9 Å². The minimum absolute atomic E-state index is 0.0261. The quantitative estimate of drug-likeness (QED) is 0.0180. The molecule has 0 saturated carbocycles. The van der Waals surface area contributed by atoms with Gasteiger partial charge in [-0.15, -0.1) is 0 Å². The maximum atomic E-state index is 11.1. The van der Waals surface area contributed by atoms with Gasteiger partial charge in [-0.2, -0.15) is 50.5 Å². The number of nitrogens with one attached hydrogen (secondary N) is 9. The van der Waals surface area contributed by atoms with Gasteiger partial charge in [0.2, 0.25) is 65.0 Å². The molecule has 504 valence electrons. The maximum absolute atomic E-state index is 11.1. The molecule has 86 heavy (non-hydrogen) atoms. The molecule has 42 heteroatoms. The minimum Gasteiger partial charge on any atom is -0.480 e. The second-order valence-corrected chi connectivity index (χ2v) is 20.1. The molecule has 26 N–H and O–H groups in total. The Hall–Kier alpha value is -5.80. The van der Waals surface area contributed by atoms with Crippen molar-refractivity contribution in [2.75, 3.05) is 80.8 Å². The van der Waals surface area contributed by atoms with Gasteiger partial charge in [0.1, 0.15) is 30.2 Å². The van der Waals surface area contributed by atoms with E-state index in [9.17, 15) is 67.1 Å².